The molecule has 0 atom stereocenters. The first-order valence-corrected chi connectivity index (χ1v) is 6.09. The van der Waals surface area contributed by atoms with Gasteiger partial charge in [0, 0.05) is 5.56 Å². The fraction of sp³-hybridized carbons (Fsp3) is 0.125. The van der Waals surface area contributed by atoms with Crippen molar-refractivity contribution in [2.45, 2.75) is 6.92 Å². The van der Waals surface area contributed by atoms with Crippen molar-refractivity contribution in [3.05, 3.63) is 47.0 Å². The summed E-state index contributed by atoms with van der Waals surface area (Å²) in [6.07, 6.45) is 3.55. The number of methoxy groups -OCH3 is 1. The van der Waals surface area contributed by atoms with Crippen molar-refractivity contribution in [3.63, 3.8) is 0 Å². The zero-order chi connectivity index (χ0) is 14.7. The number of phenols is 3. The number of rotatable bonds is 3. The van der Waals surface area contributed by atoms with Crippen LogP contribution in [0.3, 0.4) is 0 Å². The lowest BCUT2D eigenvalue weighted by Gasteiger charge is -2.05. The van der Waals surface area contributed by atoms with Gasteiger partial charge in [0.15, 0.2) is 11.5 Å². The summed E-state index contributed by atoms with van der Waals surface area (Å²) in [5, 5.41) is 28.8. The first-order valence-electron chi connectivity index (χ1n) is 6.09. The van der Waals surface area contributed by atoms with E-state index < -0.39 is 0 Å². The molecule has 3 N–H and O–H groups in total. The molecule has 0 saturated carbocycles. The molecule has 0 unspecified atom stereocenters. The molecule has 0 saturated heterocycles. The summed E-state index contributed by atoms with van der Waals surface area (Å²) >= 11 is 0. The van der Waals surface area contributed by atoms with Crippen LogP contribution in [-0.4, -0.2) is 22.4 Å². The molecule has 0 bridgehead atoms. The fourth-order valence-electron chi connectivity index (χ4n) is 1.79. The molecule has 0 amide bonds. The summed E-state index contributed by atoms with van der Waals surface area (Å²) < 4.78 is 5.03. The van der Waals surface area contributed by atoms with Gasteiger partial charge in [0.05, 0.1) is 7.11 Å². The monoisotopic (exact) mass is 272 g/mol. The van der Waals surface area contributed by atoms with E-state index in [9.17, 15) is 15.3 Å². The minimum atomic E-state index is 0.0490. The van der Waals surface area contributed by atoms with Gasteiger partial charge in [-0.05, 0) is 42.3 Å². The molecular formula is C16H16O4. The van der Waals surface area contributed by atoms with Gasteiger partial charge in [0.2, 0.25) is 0 Å². The third kappa shape index (κ3) is 2.85. The highest BCUT2D eigenvalue weighted by Gasteiger charge is 2.04. The van der Waals surface area contributed by atoms with Crippen LogP contribution in [0.5, 0.6) is 23.0 Å². The van der Waals surface area contributed by atoms with E-state index in [0.717, 1.165) is 5.56 Å². The van der Waals surface area contributed by atoms with Crippen LogP contribution in [-0.2, 0) is 0 Å². The lowest BCUT2D eigenvalue weighted by Crippen LogP contribution is -1.84. The second-order valence-electron chi connectivity index (χ2n) is 4.45. The van der Waals surface area contributed by atoms with E-state index in [-0.39, 0.29) is 17.2 Å². The highest BCUT2D eigenvalue weighted by atomic mass is 16.5. The Balaban J connectivity index is 2.30. The van der Waals surface area contributed by atoms with Crippen LogP contribution in [0.4, 0.5) is 0 Å². The average molecular weight is 272 g/mol. The minimum absolute atomic E-state index is 0.0490. The van der Waals surface area contributed by atoms with E-state index in [1.54, 1.807) is 49.4 Å². The number of phenolic OH excluding ortho intramolecular Hbond substituents is 3. The molecule has 2 aromatic carbocycles. The maximum atomic E-state index is 9.65. The number of hydrogen-bond acceptors (Lipinski definition) is 4. The van der Waals surface area contributed by atoms with Crippen molar-refractivity contribution in [1.82, 2.24) is 0 Å². The van der Waals surface area contributed by atoms with Crippen LogP contribution in [0.25, 0.3) is 12.2 Å². The molecule has 0 fully saturated rings. The second kappa shape index (κ2) is 5.57. The van der Waals surface area contributed by atoms with E-state index in [1.165, 1.54) is 7.11 Å². The Morgan fingerprint density at radius 2 is 1.45 bits per heavy atom. The van der Waals surface area contributed by atoms with Gasteiger partial charge in [-0.25, -0.2) is 0 Å². The third-order valence-electron chi connectivity index (χ3n) is 3.05. The lowest BCUT2D eigenvalue weighted by molar-refractivity contribution is 0.373. The summed E-state index contributed by atoms with van der Waals surface area (Å²) in [7, 11) is 1.48. The van der Waals surface area contributed by atoms with Gasteiger partial charge in [-0.3, -0.25) is 0 Å². The molecule has 0 aliphatic heterocycles. The Morgan fingerprint density at radius 1 is 0.850 bits per heavy atom. The van der Waals surface area contributed by atoms with Crippen LogP contribution in [0, 0.1) is 6.92 Å². The molecule has 4 nitrogen and oxygen atoms in total. The quantitative estimate of drug-likeness (QED) is 0.750. The largest absolute Gasteiger partial charge is 0.508 e. The summed E-state index contributed by atoms with van der Waals surface area (Å²) in [6.45, 7) is 1.64. The van der Waals surface area contributed by atoms with Crippen LogP contribution in [0.15, 0.2) is 30.3 Å². The van der Waals surface area contributed by atoms with Crippen LogP contribution < -0.4 is 4.74 Å². The minimum Gasteiger partial charge on any atom is -0.508 e. The first-order chi connectivity index (χ1) is 9.51. The van der Waals surface area contributed by atoms with Gasteiger partial charge in [-0.15, -0.1) is 0 Å². The highest BCUT2D eigenvalue weighted by molar-refractivity contribution is 5.72. The van der Waals surface area contributed by atoms with Crippen LogP contribution in [0.2, 0.25) is 0 Å². The van der Waals surface area contributed by atoms with E-state index >= 15 is 0 Å². The van der Waals surface area contributed by atoms with E-state index in [1.807, 2.05) is 0 Å². The third-order valence-corrected chi connectivity index (χ3v) is 3.05. The molecule has 0 heterocycles. The summed E-state index contributed by atoms with van der Waals surface area (Å²) in [5.41, 5.74) is 1.96. The van der Waals surface area contributed by atoms with Crippen molar-refractivity contribution in [3.8, 4) is 23.0 Å². The second-order valence-corrected chi connectivity index (χ2v) is 4.45. The van der Waals surface area contributed by atoms with Crippen molar-refractivity contribution in [2.75, 3.05) is 7.11 Å². The summed E-state index contributed by atoms with van der Waals surface area (Å²) in [4.78, 5) is 0. The van der Waals surface area contributed by atoms with E-state index in [2.05, 4.69) is 0 Å². The molecule has 0 aromatic heterocycles. The Bertz CT molecular complexity index is 637. The van der Waals surface area contributed by atoms with Crippen LogP contribution in [0.1, 0.15) is 16.7 Å². The van der Waals surface area contributed by atoms with Gasteiger partial charge >= 0.3 is 0 Å². The maximum absolute atomic E-state index is 9.65. The van der Waals surface area contributed by atoms with E-state index in [4.69, 9.17) is 4.74 Å². The number of ether oxygens (including phenoxy) is 1. The first kappa shape index (κ1) is 13.8. The van der Waals surface area contributed by atoms with Gasteiger partial charge in [0.1, 0.15) is 11.5 Å². The lowest BCUT2D eigenvalue weighted by atomic mass is 10.1. The maximum Gasteiger partial charge on any atom is 0.161 e. The molecule has 2 aromatic rings. The molecule has 104 valence electrons. The summed E-state index contributed by atoms with van der Waals surface area (Å²) in [5.74, 6) is 0.567. The van der Waals surface area contributed by atoms with Gasteiger partial charge in [-0.2, -0.15) is 0 Å². The molecule has 0 spiro atoms. The molecule has 4 heteroatoms. The van der Waals surface area contributed by atoms with Gasteiger partial charge in [0.25, 0.3) is 0 Å². The SMILES string of the molecule is COc1cc(C=Cc2cc(O)c(C)c(O)c2)ccc1O. The molecule has 0 aliphatic carbocycles. The van der Waals surface area contributed by atoms with Crippen molar-refractivity contribution in [2.24, 2.45) is 0 Å². The Labute approximate surface area is 117 Å². The van der Waals surface area contributed by atoms with E-state index in [0.29, 0.717) is 16.9 Å². The Hall–Kier alpha value is -2.62. The molecule has 0 radical (unpaired) electrons. The average Bonchev–Trinajstić information content (AvgIpc) is 2.43. The number of benzene rings is 2. The predicted octanol–water partition coefficient (Wildman–Crippen LogP) is 3.29. The number of hydrogen-bond donors (Lipinski definition) is 3. The number of aromatic hydroxyl groups is 3. The Kier molecular flexibility index (Phi) is 3.84. The normalized spacial score (nSPS) is 10.9. The molecule has 20 heavy (non-hydrogen) atoms. The zero-order valence-electron chi connectivity index (χ0n) is 11.3. The molecule has 0 aliphatic rings. The standard InChI is InChI=1S/C16H16O4/c1-10-14(18)7-12(8-15(10)19)4-3-11-5-6-13(17)16(9-11)20-2/h3-9,17-19H,1-2H3. The van der Waals surface area contributed by atoms with Crippen molar-refractivity contribution < 1.29 is 20.1 Å². The van der Waals surface area contributed by atoms with Crippen molar-refractivity contribution >= 4 is 12.2 Å². The molecular weight excluding hydrogens is 256 g/mol. The fourth-order valence-corrected chi connectivity index (χ4v) is 1.79. The van der Waals surface area contributed by atoms with Gasteiger partial charge < -0.3 is 20.1 Å². The van der Waals surface area contributed by atoms with Crippen LogP contribution >= 0.6 is 0 Å². The smallest absolute Gasteiger partial charge is 0.161 e. The molecule has 2 rings (SSSR count). The zero-order valence-corrected chi connectivity index (χ0v) is 11.3. The predicted molar refractivity (Wildman–Crippen MR) is 78.1 cm³/mol. The topological polar surface area (TPSA) is 69.9 Å². The van der Waals surface area contributed by atoms with Crippen molar-refractivity contribution in [1.29, 1.82) is 0 Å². The summed E-state index contributed by atoms with van der Waals surface area (Å²) in [6, 6.07) is 8.12. The Morgan fingerprint density at radius 3 is 2.05 bits per heavy atom. The highest BCUT2D eigenvalue weighted by Crippen LogP contribution is 2.29. The van der Waals surface area contributed by atoms with Gasteiger partial charge in [-0.1, -0.05) is 18.2 Å².